The van der Waals surface area contributed by atoms with E-state index >= 15 is 0 Å². The van der Waals surface area contributed by atoms with E-state index in [-0.39, 0.29) is 17.7 Å². The molecule has 1 amide bonds. The maximum absolute atomic E-state index is 13.0. The number of hydrogen-bond donors (Lipinski definition) is 1. The Labute approximate surface area is 151 Å². The molecular formula is C19H21ClN2O3. The van der Waals surface area contributed by atoms with Gasteiger partial charge in [-0.15, -0.1) is 0 Å². The predicted octanol–water partition coefficient (Wildman–Crippen LogP) is 2.51. The highest BCUT2D eigenvalue weighted by Crippen LogP contribution is 2.48. The van der Waals surface area contributed by atoms with Crippen molar-refractivity contribution < 1.29 is 14.7 Å². The van der Waals surface area contributed by atoms with Crippen LogP contribution in [0.4, 0.5) is 5.69 Å². The molecule has 0 aromatic heterocycles. The second-order valence-corrected chi connectivity index (χ2v) is 7.57. The summed E-state index contributed by atoms with van der Waals surface area (Å²) in [5.74, 6) is -1.69. The summed E-state index contributed by atoms with van der Waals surface area (Å²) in [6.45, 7) is 2.71. The molecule has 1 N–H and O–H groups in total. The van der Waals surface area contributed by atoms with Gasteiger partial charge in [0.1, 0.15) is 0 Å². The van der Waals surface area contributed by atoms with Gasteiger partial charge in [-0.2, -0.15) is 0 Å². The minimum absolute atomic E-state index is 0.00925. The van der Waals surface area contributed by atoms with Crippen LogP contribution in [0.15, 0.2) is 36.4 Å². The second kappa shape index (κ2) is 6.37. The molecule has 2 fully saturated rings. The minimum Gasteiger partial charge on any atom is -0.481 e. The molecule has 1 aromatic carbocycles. The number of rotatable bonds is 3. The molecule has 6 heteroatoms. The van der Waals surface area contributed by atoms with Gasteiger partial charge in [-0.3, -0.25) is 9.59 Å². The van der Waals surface area contributed by atoms with Crippen LogP contribution in [0.25, 0.3) is 0 Å². The van der Waals surface area contributed by atoms with Crippen molar-refractivity contribution in [2.24, 2.45) is 23.7 Å². The molecule has 25 heavy (non-hydrogen) atoms. The standard InChI is InChI=1S/C19H21ClN2O3/c20-14-2-1-3-15(11-14)21-6-8-22(9-7-21)18(23)16-12-4-5-13(10-12)17(16)19(24)25/h1-5,11-13,16-17H,6-10H2,(H,24,25)/t12-,13-,16+,17-/m0/s1. The molecule has 5 nitrogen and oxygen atoms in total. The van der Waals surface area contributed by atoms with Gasteiger partial charge in [-0.25, -0.2) is 0 Å². The maximum Gasteiger partial charge on any atom is 0.307 e. The third kappa shape index (κ3) is 2.91. The van der Waals surface area contributed by atoms with Crippen molar-refractivity contribution in [1.29, 1.82) is 0 Å². The van der Waals surface area contributed by atoms with Crippen molar-refractivity contribution in [3.8, 4) is 0 Å². The minimum atomic E-state index is -0.840. The van der Waals surface area contributed by atoms with E-state index in [0.717, 1.165) is 25.2 Å². The third-order valence-corrected chi connectivity index (χ3v) is 6.03. The third-order valence-electron chi connectivity index (χ3n) is 5.79. The van der Waals surface area contributed by atoms with Gasteiger partial charge in [-0.05, 0) is 36.5 Å². The number of anilines is 1. The van der Waals surface area contributed by atoms with Crippen LogP contribution in [-0.2, 0) is 9.59 Å². The average Bonchev–Trinajstić information content (AvgIpc) is 3.22. The van der Waals surface area contributed by atoms with Crippen LogP contribution in [0.2, 0.25) is 5.02 Å². The number of hydrogen-bond acceptors (Lipinski definition) is 3. The summed E-state index contributed by atoms with van der Waals surface area (Å²) < 4.78 is 0. The zero-order valence-corrected chi connectivity index (χ0v) is 14.6. The SMILES string of the molecule is O=C(O)[C@@H]1[C@H](C(=O)N2CCN(c3cccc(Cl)c3)CC2)[C@H]2C=C[C@H]1C2. The largest absolute Gasteiger partial charge is 0.481 e. The lowest BCUT2D eigenvalue weighted by molar-refractivity contribution is -0.151. The van der Waals surface area contributed by atoms with Gasteiger partial charge in [0.25, 0.3) is 0 Å². The first-order valence-corrected chi connectivity index (χ1v) is 9.13. The molecule has 1 saturated carbocycles. The van der Waals surface area contributed by atoms with Crippen molar-refractivity contribution in [1.82, 2.24) is 4.90 Å². The summed E-state index contributed by atoms with van der Waals surface area (Å²) in [5.41, 5.74) is 1.06. The van der Waals surface area contributed by atoms with Gasteiger partial charge in [0.15, 0.2) is 0 Å². The molecule has 2 bridgehead atoms. The van der Waals surface area contributed by atoms with Gasteiger partial charge in [0.2, 0.25) is 5.91 Å². The summed E-state index contributed by atoms with van der Waals surface area (Å²) in [5, 5.41) is 10.2. The Kier molecular flexibility index (Phi) is 4.20. The number of carbonyl (C=O) groups excluding carboxylic acids is 1. The van der Waals surface area contributed by atoms with Crippen LogP contribution in [0.1, 0.15) is 6.42 Å². The summed E-state index contributed by atoms with van der Waals surface area (Å²) in [6, 6.07) is 7.72. The number of amides is 1. The molecule has 2 aliphatic carbocycles. The van der Waals surface area contributed by atoms with Crippen molar-refractivity contribution in [3.63, 3.8) is 0 Å². The van der Waals surface area contributed by atoms with Crippen LogP contribution >= 0.6 is 11.6 Å². The molecule has 4 rings (SSSR count). The van der Waals surface area contributed by atoms with Crippen LogP contribution in [0.3, 0.4) is 0 Å². The molecular weight excluding hydrogens is 340 g/mol. The number of carboxylic acids is 1. The number of aliphatic carboxylic acids is 1. The van der Waals surface area contributed by atoms with E-state index in [0.29, 0.717) is 18.1 Å². The summed E-state index contributed by atoms with van der Waals surface area (Å²) >= 11 is 6.06. The Morgan fingerprint density at radius 3 is 2.36 bits per heavy atom. The molecule has 1 saturated heterocycles. The number of halogens is 1. The first-order valence-electron chi connectivity index (χ1n) is 8.75. The smallest absolute Gasteiger partial charge is 0.307 e. The fraction of sp³-hybridized carbons (Fsp3) is 0.474. The Bertz CT molecular complexity index is 727. The van der Waals surface area contributed by atoms with Crippen molar-refractivity contribution >= 4 is 29.2 Å². The number of benzene rings is 1. The van der Waals surface area contributed by atoms with E-state index in [1.54, 1.807) is 0 Å². The number of allylic oxidation sites excluding steroid dienone is 2. The topological polar surface area (TPSA) is 60.9 Å². The summed E-state index contributed by atoms with van der Waals surface area (Å²) in [6.07, 6.45) is 4.81. The zero-order valence-electron chi connectivity index (χ0n) is 13.8. The van der Waals surface area contributed by atoms with Gasteiger partial charge < -0.3 is 14.9 Å². The Morgan fingerprint density at radius 1 is 1.04 bits per heavy atom. The summed E-state index contributed by atoms with van der Waals surface area (Å²) in [7, 11) is 0. The summed E-state index contributed by atoms with van der Waals surface area (Å²) in [4.78, 5) is 28.7. The lowest BCUT2D eigenvalue weighted by Gasteiger charge is -2.38. The molecule has 1 heterocycles. The first-order chi connectivity index (χ1) is 12.0. The number of piperazine rings is 1. The van der Waals surface area contributed by atoms with Crippen LogP contribution in [-0.4, -0.2) is 48.1 Å². The van der Waals surface area contributed by atoms with E-state index in [2.05, 4.69) is 4.90 Å². The van der Waals surface area contributed by atoms with E-state index in [1.165, 1.54) is 0 Å². The van der Waals surface area contributed by atoms with Gasteiger partial charge >= 0.3 is 5.97 Å². The molecule has 0 spiro atoms. The lowest BCUT2D eigenvalue weighted by atomic mass is 9.82. The molecule has 0 unspecified atom stereocenters. The number of carbonyl (C=O) groups is 2. The Morgan fingerprint density at radius 2 is 1.72 bits per heavy atom. The molecule has 3 aliphatic rings. The predicted molar refractivity (Wildman–Crippen MR) is 95.6 cm³/mol. The zero-order chi connectivity index (χ0) is 17.6. The van der Waals surface area contributed by atoms with E-state index in [4.69, 9.17) is 11.6 Å². The van der Waals surface area contributed by atoms with Crippen LogP contribution in [0.5, 0.6) is 0 Å². The first kappa shape index (κ1) is 16.5. The highest BCUT2D eigenvalue weighted by molar-refractivity contribution is 6.30. The second-order valence-electron chi connectivity index (χ2n) is 7.13. The fourth-order valence-corrected chi connectivity index (χ4v) is 4.75. The van der Waals surface area contributed by atoms with Gasteiger partial charge in [0, 0.05) is 36.9 Å². The average molecular weight is 361 g/mol. The number of carboxylic acid groups (broad SMARTS) is 1. The quantitative estimate of drug-likeness (QED) is 0.841. The molecule has 1 aromatic rings. The Hall–Kier alpha value is -2.01. The van der Waals surface area contributed by atoms with Crippen LogP contribution < -0.4 is 4.90 Å². The number of nitrogens with zero attached hydrogens (tertiary/aromatic N) is 2. The maximum atomic E-state index is 13.0. The van der Waals surface area contributed by atoms with E-state index in [1.807, 2.05) is 41.3 Å². The molecule has 1 aliphatic heterocycles. The Balaban J connectivity index is 1.43. The van der Waals surface area contributed by atoms with E-state index < -0.39 is 17.8 Å². The van der Waals surface area contributed by atoms with E-state index in [9.17, 15) is 14.7 Å². The number of fused-ring (bicyclic) bond motifs is 2. The lowest BCUT2D eigenvalue weighted by Crippen LogP contribution is -2.52. The van der Waals surface area contributed by atoms with Crippen LogP contribution in [0, 0.1) is 23.7 Å². The van der Waals surface area contributed by atoms with Crippen molar-refractivity contribution in [3.05, 3.63) is 41.4 Å². The normalized spacial score (nSPS) is 30.8. The monoisotopic (exact) mass is 360 g/mol. The van der Waals surface area contributed by atoms with Crippen molar-refractivity contribution in [2.75, 3.05) is 31.1 Å². The molecule has 4 atom stereocenters. The highest BCUT2D eigenvalue weighted by Gasteiger charge is 2.52. The fourth-order valence-electron chi connectivity index (χ4n) is 4.56. The van der Waals surface area contributed by atoms with Crippen molar-refractivity contribution in [2.45, 2.75) is 6.42 Å². The molecule has 132 valence electrons. The molecule has 0 radical (unpaired) electrons. The van der Waals surface area contributed by atoms with Gasteiger partial charge in [0.05, 0.1) is 11.8 Å². The van der Waals surface area contributed by atoms with Gasteiger partial charge in [-0.1, -0.05) is 29.8 Å². The highest BCUT2D eigenvalue weighted by atomic mass is 35.5.